The molecular formula is C18H18N2O2. The average molecular weight is 294 g/mol. The summed E-state index contributed by atoms with van der Waals surface area (Å²) in [6, 6.07) is 11.5. The molecule has 112 valence electrons. The highest BCUT2D eigenvalue weighted by Gasteiger charge is 2.13. The molecule has 3 aromatic rings. The number of benzene rings is 2. The number of nitrogens with zero attached hydrogens (tertiary/aromatic N) is 2. The number of hydrogen-bond acceptors (Lipinski definition) is 3. The third-order valence-electron chi connectivity index (χ3n) is 3.51. The molecule has 0 aliphatic rings. The lowest BCUT2D eigenvalue weighted by Crippen LogP contribution is -2.21. The van der Waals surface area contributed by atoms with Crippen molar-refractivity contribution in [2.24, 2.45) is 0 Å². The van der Waals surface area contributed by atoms with E-state index in [0.29, 0.717) is 17.0 Å². The van der Waals surface area contributed by atoms with E-state index in [1.807, 2.05) is 32.0 Å². The first kappa shape index (κ1) is 14.3. The predicted molar refractivity (Wildman–Crippen MR) is 86.9 cm³/mol. The van der Waals surface area contributed by atoms with E-state index in [1.54, 1.807) is 31.1 Å². The summed E-state index contributed by atoms with van der Waals surface area (Å²) in [6.07, 6.45) is 0. The summed E-state index contributed by atoms with van der Waals surface area (Å²) >= 11 is 0. The van der Waals surface area contributed by atoms with Gasteiger partial charge in [-0.25, -0.2) is 4.98 Å². The van der Waals surface area contributed by atoms with Crippen molar-refractivity contribution in [1.29, 1.82) is 0 Å². The lowest BCUT2D eigenvalue weighted by atomic mass is 10.1. The topological polar surface area (TPSA) is 46.3 Å². The Balaban J connectivity index is 2.08. The molecule has 2 aromatic carbocycles. The van der Waals surface area contributed by atoms with Crippen LogP contribution in [0.1, 0.15) is 21.5 Å². The summed E-state index contributed by atoms with van der Waals surface area (Å²) in [7, 11) is 3.46. The highest BCUT2D eigenvalue weighted by atomic mass is 16.3. The maximum atomic E-state index is 12.0. The minimum absolute atomic E-state index is 0.0498. The van der Waals surface area contributed by atoms with Crippen LogP contribution in [0, 0.1) is 13.8 Å². The molecule has 0 unspecified atom stereocenters. The summed E-state index contributed by atoms with van der Waals surface area (Å²) in [5.41, 5.74) is 5.27. The van der Waals surface area contributed by atoms with Gasteiger partial charge in [-0.05, 0) is 44.2 Å². The largest absolute Gasteiger partial charge is 0.436 e. The van der Waals surface area contributed by atoms with E-state index < -0.39 is 0 Å². The van der Waals surface area contributed by atoms with Crippen LogP contribution in [-0.2, 0) is 0 Å². The zero-order valence-corrected chi connectivity index (χ0v) is 13.2. The van der Waals surface area contributed by atoms with Crippen molar-refractivity contribution < 1.29 is 9.21 Å². The first-order chi connectivity index (χ1) is 10.4. The molecule has 0 saturated carbocycles. The Labute approximate surface area is 129 Å². The molecule has 0 spiro atoms. The number of hydrogen-bond donors (Lipinski definition) is 0. The third-order valence-corrected chi connectivity index (χ3v) is 3.51. The van der Waals surface area contributed by atoms with Crippen LogP contribution in [0.15, 0.2) is 40.8 Å². The summed E-state index contributed by atoms with van der Waals surface area (Å²) in [5, 5.41) is 0. The quantitative estimate of drug-likeness (QED) is 0.722. The maximum Gasteiger partial charge on any atom is 0.253 e. The van der Waals surface area contributed by atoms with Gasteiger partial charge in [-0.2, -0.15) is 0 Å². The molecule has 0 radical (unpaired) electrons. The van der Waals surface area contributed by atoms with Crippen molar-refractivity contribution in [3.8, 4) is 11.5 Å². The molecule has 0 bridgehead atoms. The number of aromatic nitrogens is 1. The van der Waals surface area contributed by atoms with Crippen LogP contribution in [0.5, 0.6) is 0 Å². The van der Waals surface area contributed by atoms with Crippen LogP contribution in [0.25, 0.3) is 22.6 Å². The molecular weight excluding hydrogens is 276 g/mol. The van der Waals surface area contributed by atoms with E-state index in [1.165, 1.54) is 11.1 Å². The van der Waals surface area contributed by atoms with Crippen LogP contribution >= 0.6 is 0 Å². The summed E-state index contributed by atoms with van der Waals surface area (Å²) in [4.78, 5) is 18.1. The zero-order chi connectivity index (χ0) is 15.9. The Kier molecular flexibility index (Phi) is 3.45. The van der Waals surface area contributed by atoms with Gasteiger partial charge in [-0.15, -0.1) is 0 Å². The fourth-order valence-electron chi connectivity index (χ4n) is 2.54. The Morgan fingerprint density at radius 1 is 1.05 bits per heavy atom. The van der Waals surface area contributed by atoms with Crippen molar-refractivity contribution in [3.05, 3.63) is 53.1 Å². The number of fused-ring (bicyclic) bond motifs is 1. The van der Waals surface area contributed by atoms with Crippen molar-refractivity contribution >= 4 is 17.0 Å². The van der Waals surface area contributed by atoms with Crippen LogP contribution in [-0.4, -0.2) is 29.9 Å². The maximum absolute atomic E-state index is 12.0. The van der Waals surface area contributed by atoms with Crippen molar-refractivity contribution in [3.63, 3.8) is 0 Å². The highest BCUT2D eigenvalue weighted by Crippen LogP contribution is 2.26. The molecule has 4 nitrogen and oxygen atoms in total. The number of amides is 1. The van der Waals surface area contributed by atoms with Gasteiger partial charge in [0.05, 0.1) is 0 Å². The molecule has 0 atom stereocenters. The van der Waals surface area contributed by atoms with Gasteiger partial charge in [0.1, 0.15) is 5.52 Å². The third kappa shape index (κ3) is 2.60. The molecule has 0 fully saturated rings. The smallest absolute Gasteiger partial charge is 0.253 e. The van der Waals surface area contributed by atoms with E-state index in [-0.39, 0.29) is 5.91 Å². The Morgan fingerprint density at radius 3 is 2.36 bits per heavy atom. The second-order valence-electron chi connectivity index (χ2n) is 5.78. The number of oxazole rings is 1. The summed E-state index contributed by atoms with van der Waals surface area (Å²) in [6.45, 7) is 4.10. The first-order valence-electron chi connectivity index (χ1n) is 7.15. The molecule has 0 aliphatic carbocycles. The van der Waals surface area contributed by atoms with E-state index in [4.69, 9.17) is 4.42 Å². The van der Waals surface area contributed by atoms with Gasteiger partial charge in [0.15, 0.2) is 5.58 Å². The van der Waals surface area contributed by atoms with Gasteiger partial charge >= 0.3 is 0 Å². The lowest BCUT2D eigenvalue weighted by Gasteiger charge is -2.09. The predicted octanol–water partition coefficient (Wildman–Crippen LogP) is 3.81. The Hall–Kier alpha value is -2.62. The highest BCUT2D eigenvalue weighted by molar-refractivity contribution is 5.97. The molecule has 22 heavy (non-hydrogen) atoms. The minimum Gasteiger partial charge on any atom is -0.436 e. The van der Waals surface area contributed by atoms with E-state index in [0.717, 1.165) is 11.1 Å². The Bertz CT molecular complexity index is 842. The van der Waals surface area contributed by atoms with Crippen molar-refractivity contribution in [2.75, 3.05) is 14.1 Å². The monoisotopic (exact) mass is 294 g/mol. The molecule has 4 heteroatoms. The van der Waals surface area contributed by atoms with Crippen molar-refractivity contribution in [2.45, 2.75) is 13.8 Å². The van der Waals surface area contributed by atoms with Gasteiger partial charge in [-0.1, -0.05) is 17.2 Å². The van der Waals surface area contributed by atoms with Crippen LogP contribution in [0.4, 0.5) is 0 Å². The standard InChI is InChI=1S/C18H18N2O2/c1-11-7-12(2)9-14(8-11)17-19-15-6-5-13(10-16(15)22-17)18(21)20(3)4/h5-10H,1-4H3. The number of aryl methyl sites for hydroxylation is 2. The SMILES string of the molecule is Cc1cc(C)cc(-c2nc3ccc(C(=O)N(C)C)cc3o2)c1. The summed E-state index contributed by atoms with van der Waals surface area (Å²) < 4.78 is 5.85. The van der Waals surface area contributed by atoms with Crippen LogP contribution in [0.3, 0.4) is 0 Å². The van der Waals surface area contributed by atoms with Gasteiger partial charge < -0.3 is 9.32 Å². The fourth-order valence-corrected chi connectivity index (χ4v) is 2.54. The normalized spacial score (nSPS) is 10.9. The average Bonchev–Trinajstić information content (AvgIpc) is 2.88. The molecule has 0 saturated heterocycles. The van der Waals surface area contributed by atoms with Gasteiger partial charge in [-0.3, -0.25) is 4.79 Å². The molecule has 3 rings (SSSR count). The molecule has 1 heterocycles. The van der Waals surface area contributed by atoms with E-state index in [9.17, 15) is 4.79 Å². The van der Waals surface area contributed by atoms with Gasteiger partial charge in [0.25, 0.3) is 5.91 Å². The molecule has 1 aromatic heterocycles. The number of rotatable bonds is 2. The second-order valence-corrected chi connectivity index (χ2v) is 5.78. The Morgan fingerprint density at radius 2 is 1.73 bits per heavy atom. The molecule has 1 amide bonds. The first-order valence-corrected chi connectivity index (χ1v) is 7.15. The van der Waals surface area contributed by atoms with Gasteiger partial charge in [0, 0.05) is 25.2 Å². The van der Waals surface area contributed by atoms with Gasteiger partial charge in [0.2, 0.25) is 5.89 Å². The number of carbonyl (C=O) groups excluding carboxylic acids is 1. The number of carbonyl (C=O) groups is 1. The van der Waals surface area contributed by atoms with E-state index in [2.05, 4.69) is 11.1 Å². The van der Waals surface area contributed by atoms with Crippen LogP contribution in [0.2, 0.25) is 0 Å². The zero-order valence-electron chi connectivity index (χ0n) is 13.2. The fraction of sp³-hybridized carbons (Fsp3) is 0.222. The summed E-state index contributed by atoms with van der Waals surface area (Å²) in [5.74, 6) is 0.530. The van der Waals surface area contributed by atoms with E-state index >= 15 is 0 Å². The molecule has 0 N–H and O–H groups in total. The van der Waals surface area contributed by atoms with Crippen molar-refractivity contribution in [1.82, 2.24) is 9.88 Å². The molecule has 0 aliphatic heterocycles. The minimum atomic E-state index is -0.0498. The second kappa shape index (κ2) is 5.30. The lowest BCUT2D eigenvalue weighted by molar-refractivity contribution is 0.0827. The van der Waals surface area contributed by atoms with Crippen LogP contribution < -0.4 is 0 Å².